The zero-order valence-electron chi connectivity index (χ0n) is 10.9. The molecule has 100 valence electrons. The van der Waals surface area contributed by atoms with Gasteiger partial charge in [-0.1, -0.05) is 18.2 Å². The molecule has 5 heteroatoms. The van der Waals surface area contributed by atoms with E-state index >= 15 is 0 Å². The molecule has 1 fully saturated rings. The van der Waals surface area contributed by atoms with E-state index in [1.165, 1.54) is 0 Å². The van der Waals surface area contributed by atoms with Crippen molar-refractivity contribution in [2.45, 2.75) is 18.9 Å². The Labute approximate surface area is 111 Å². The van der Waals surface area contributed by atoms with Crippen molar-refractivity contribution in [1.29, 1.82) is 0 Å². The summed E-state index contributed by atoms with van der Waals surface area (Å²) >= 11 is 0. The van der Waals surface area contributed by atoms with Crippen LogP contribution in [0.5, 0.6) is 0 Å². The van der Waals surface area contributed by atoms with Crippen LogP contribution in [0.3, 0.4) is 0 Å². The highest BCUT2D eigenvalue weighted by Gasteiger charge is 2.31. The van der Waals surface area contributed by atoms with Gasteiger partial charge in [-0.05, 0) is 18.9 Å². The van der Waals surface area contributed by atoms with E-state index in [-0.39, 0.29) is 18.6 Å². The quantitative estimate of drug-likeness (QED) is 0.880. The third kappa shape index (κ3) is 1.90. The summed E-state index contributed by atoms with van der Waals surface area (Å²) in [6.45, 7) is 0.728. The molecule has 1 atom stereocenters. The Kier molecular flexibility index (Phi) is 2.98. The summed E-state index contributed by atoms with van der Waals surface area (Å²) in [4.78, 5) is 14.3. The number of rotatable bonds is 2. The number of aryl methyl sites for hydroxylation is 1. The van der Waals surface area contributed by atoms with Gasteiger partial charge in [0.2, 0.25) is 0 Å². The molecule has 0 spiro atoms. The van der Waals surface area contributed by atoms with Gasteiger partial charge in [0, 0.05) is 19.0 Å². The molecule has 0 bridgehead atoms. The van der Waals surface area contributed by atoms with E-state index in [1.54, 1.807) is 9.58 Å². The minimum Gasteiger partial charge on any atom is -0.394 e. The number of amides is 1. The predicted molar refractivity (Wildman–Crippen MR) is 71.9 cm³/mol. The molecule has 2 heterocycles. The van der Waals surface area contributed by atoms with Gasteiger partial charge in [0.25, 0.3) is 5.91 Å². The number of benzene rings is 1. The number of aromatic nitrogens is 2. The minimum atomic E-state index is -0.0756. The molecular weight excluding hydrogens is 242 g/mol. The Morgan fingerprint density at radius 2 is 2.26 bits per heavy atom. The Balaban J connectivity index is 2.02. The Bertz CT molecular complexity index is 620. The highest BCUT2D eigenvalue weighted by molar-refractivity contribution is 6.05. The number of carbonyl (C=O) groups is 1. The van der Waals surface area contributed by atoms with Gasteiger partial charge in [0.05, 0.1) is 18.2 Å². The lowest BCUT2D eigenvalue weighted by atomic mass is 10.2. The number of hydrogen-bond donors (Lipinski definition) is 1. The molecule has 19 heavy (non-hydrogen) atoms. The molecule has 0 radical (unpaired) electrons. The first-order chi connectivity index (χ1) is 9.22. The lowest BCUT2D eigenvalue weighted by Crippen LogP contribution is -2.37. The maximum atomic E-state index is 12.6. The summed E-state index contributed by atoms with van der Waals surface area (Å²) in [5.41, 5.74) is 1.43. The third-order valence-electron chi connectivity index (χ3n) is 3.81. The second kappa shape index (κ2) is 4.66. The van der Waals surface area contributed by atoms with Gasteiger partial charge in [-0.2, -0.15) is 5.10 Å². The monoisotopic (exact) mass is 259 g/mol. The van der Waals surface area contributed by atoms with Crippen molar-refractivity contribution in [2.24, 2.45) is 7.05 Å². The first-order valence-corrected chi connectivity index (χ1v) is 6.56. The lowest BCUT2D eigenvalue weighted by molar-refractivity contribution is 0.0673. The summed E-state index contributed by atoms with van der Waals surface area (Å²) in [6, 6.07) is 7.65. The second-order valence-electron chi connectivity index (χ2n) is 4.97. The molecule has 3 rings (SSSR count). The van der Waals surface area contributed by atoms with Crippen molar-refractivity contribution in [3.63, 3.8) is 0 Å². The summed E-state index contributed by atoms with van der Waals surface area (Å²) in [6.07, 6.45) is 1.81. The van der Waals surface area contributed by atoms with Crippen LogP contribution >= 0.6 is 0 Å². The lowest BCUT2D eigenvalue weighted by Gasteiger charge is -2.22. The highest BCUT2D eigenvalue weighted by atomic mass is 16.3. The number of hydrogen-bond acceptors (Lipinski definition) is 3. The molecular formula is C14H17N3O2. The fourth-order valence-corrected chi connectivity index (χ4v) is 2.80. The summed E-state index contributed by atoms with van der Waals surface area (Å²) in [7, 11) is 1.84. The van der Waals surface area contributed by atoms with Crippen LogP contribution in [0.4, 0.5) is 0 Å². The number of aliphatic hydroxyl groups is 1. The maximum Gasteiger partial charge on any atom is 0.275 e. The second-order valence-corrected chi connectivity index (χ2v) is 4.97. The Morgan fingerprint density at radius 1 is 1.47 bits per heavy atom. The average molecular weight is 259 g/mol. The molecule has 1 aromatic carbocycles. The van der Waals surface area contributed by atoms with Crippen LogP contribution < -0.4 is 0 Å². The molecule has 1 unspecified atom stereocenters. The van der Waals surface area contributed by atoms with Crippen molar-refractivity contribution in [3.05, 3.63) is 30.0 Å². The van der Waals surface area contributed by atoms with Crippen molar-refractivity contribution in [1.82, 2.24) is 14.7 Å². The molecule has 1 aromatic heterocycles. The standard InChI is InChI=1S/C14H17N3O2/c1-16-12-7-3-2-6-11(12)13(15-16)14(19)17-8-4-5-10(17)9-18/h2-3,6-7,10,18H,4-5,8-9H2,1H3. The molecule has 1 amide bonds. The molecule has 2 aromatic rings. The van der Waals surface area contributed by atoms with Crippen LogP contribution in [0.1, 0.15) is 23.3 Å². The molecule has 1 aliphatic rings. The molecule has 0 aliphatic carbocycles. The fourth-order valence-electron chi connectivity index (χ4n) is 2.80. The average Bonchev–Trinajstić information content (AvgIpc) is 3.03. The topological polar surface area (TPSA) is 58.4 Å². The number of para-hydroxylation sites is 1. The highest BCUT2D eigenvalue weighted by Crippen LogP contribution is 2.23. The van der Waals surface area contributed by atoms with Crippen molar-refractivity contribution >= 4 is 16.8 Å². The smallest absolute Gasteiger partial charge is 0.275 e. The van der Waals surface area contributed by atoms with Crippen LogP contribution in [-0.2, 0) is 7.05 Å². The van der Waals surface area contributed by atoms with Gasteiger partial charge in [0.15, 0.2) is 5.69 Å². The first-order valence-electron chi connectivity index (χ1n) is 6.56. The van der Waals surface area contributed by atoms with E-state index in [4.69, 9.17) is 0 Å². The first kappa shape index (κ1) is 12.2. The Hall–Kier alpha value is -1.88. The predicted octanol–water partition coefficient (Wildman–Crippen LogP) is 1.17. The van der Waals surface area contributed by atoms with Crippen molar-refractivity contribution in [3.8, 4) is 0 Å². The van der Waals surface area contributed by atoms with E-state index in [9.17, 15) is 9.90 Å². The van der Waals surface area contributed by atoms with E-state index < -0.39 is 0 Å². The van der Waals surface area contributed by atoms with Gasteiger partial charge < -0.3 is 10.0 Å². The van der Waals surface area contributed by atoms with Crippen LogP contribution in [-0.4, -0.2) is 44.9 Å². The largest absolute Gasteiger partial charge is 0.394 e. The molecule has 1 saturated heterocycles. The van der Waals surface area contributed by atoms with Gasteiger partial charge >= 0.3 is 0 Å². The van der Waals surface area contributed by atoms with Gasteiger partial charge in [-0.25, -0.2) is 0 Å². The zero-order valence-corrected chi connectivity index (χ0v) is 10.9. The van der Waals surface area contributed by atoms with Gasteiger partial charge in [-0.3, -0.25) is 9.48 Å². The normalized spacial score (nSPS) is 19.3. The summed E-state index contributed by atoms with van der Waals surface area (Å²) < 4.78 is 1.73. The van der Waals surface area contributed by atoms with Crippen LogP contribution in [0.25, 0.3) is 10.9 Å². The van der Waals surface area contributed by atoms with Crippen LogP contribution in [0.2, 0.25) is 0 Å². The molecule has 5 nitrogen and oxygen atoms in total. The maximum absolute atomic E-state index is 12.6. The summed E-state index contributed by atoms with van der Waals surface area (Å²) in [5.74, 6) is -0.0756. The zero-order chi connectivity index (χ0) is 13.4. The number of carbonyl (C=O) groups excluding carboxylic acids is 1. The van der Waals surface area contributed by atoms with Crippen LogP contribution in [0.15, 0.2) is 24.3 Å². The number of fused-ring (bicyclic) bond motifs is 1. The van der Waals surface area contributed by atoms with Crippen molar-refractivity contribution in [2.75, 3.05) is 13.2 Å². The number of nitrogens with zero attached hydrogens (tertiary/aromatic N) is 3. The summed E-state index contributed by atoms with van der Waals surface area (Å²) in [5, 5.41) is 14.6. The minimum absolute atomic E-state index is 0.0243. The van der Waals surface area contributed by atoms with Gasteiger partial charge in [-0.15, -0.1) is 0 Å². The van der Waals surface area contributed by atoms with E-state index in [0.717, 1.165) is 23.7 Å². The number of likely N-dealkylation sites (tertiary alicyclic amines) is 1. The molecule has 0 saturated carbocycles. The van der Waals surface area contributed by atoms with E-state index in [1.807, 2.05) is 31.3 Å². The SMILES string of the molecule is Cn1nc(C(=O)N2CCCC2CO)c2ccccc21. The number of aliphatic hydroxyl groups excluding tert-OH is 1. The Morgan fingerprint density at radius 3 is 3.05 bits per heavy atom. The molecule has 1 aliphatic heterocycles. The van der Waals surface area contributed by atoms with Crippen molar-refractivity contribution < 1.29 is 9.90 Å². The molecule has 1 N–H and O–H groups in total. The third-order valence-corrected chi connectivity index (χ3v) is 3.81. The van der Waals surface area contributed by atoms with Crippen LogP contribution in [0, 0.1) is 0 Å². The van der Waals surface area contributed by atoms with E-state index in [2.05, 4.69) is 5.10 Å². The fraction of sp³-hybridized carbons (Fsp3) is 0.429. The van der Waals surface area contributed by atoms with Gasteiger partial charge in [0.1, 0.15) is 0 Å². The van der Waals surface area contributed by atoms with E-state index in [0.29, 0.717) is 12.2 Å².